The fourth-order valence-corrected chi connectivity index (χ4v) is 2.49. The highest BCUT2D eigenvalue weighted by Crippen LogP contribution is 2.36. The Morgan fingerprint density at radius 1 is 1.15 bits per heavy atom. The second-order valence-corrected chi connectivity index (χ2v) is 6.36. The third-order valence-electron chi connectivity index (χ3n) is 3.26. The minimum Gasteiger partial charge on any atom is -0.310 e. The molecule has 0 saturated carbocycles. The number of benzene rings is 1. The van der Waals surface area contributed by atoms with E-state index >= 15 is 0 Å². The molecule has 0 amide bonds. The van der Waals surface area contributed by atoms with Crippen molar-refractivity contribution in [3.8, 4) is 0 Å². The van der Waals surface area contributed by atoms with E-state index in [1.165, 1.54) is 12.1 Å². The predicted octanol–water partition coefficient (Wildman–Crippen LogP) is 5.21. The maximum Gasteiger partial charge on any atom is 0.446 e. The summed E-state index contributed by atoms with van der Waals surface area (Å²) in [5, 5.41) is 3.40. The lowest BCUT2D eigenvalue weighted by molar-refractivity contribution is -0.0328. The molecule has 1 nitrogen and oxygen atoms in total. The van der Waals surface area contributed by atoms with Crippen LogP contribution in [0.3, 0.4) is 0 Å². The molecule has 1 aromatic carbocycles. The van der Waals surface area contributed by atoms with E-state index in [-0.39, 0.29) is 16.7 Å². The average molecular weight is 305 g/mol. The van der Waals surface area contributed by atoms with Gasteiger partial charge >= 0.3 is 5.51 Å². The zero-order valence-corrected chi connectivity index (χ0v) is 12.9. The second kappa shape index (κ2) is 7.93. The molecule has 0 aliphatic carbocycles. The van der Waals surface area contributed by atoms with E-state index in [9.17, 15) is 13.2 Å². The van der Waals surface area contributed by atoms with Crippen LogP contribution in [0, 0.1) is 5.92 Å². The van der Waals surface area contributed by atoms with Crippen LogP contribution >= 0.6 is 11.8 Å². The number of nitrogens with one attached hydrogen (secondary N) is 1. The first kappa shape index (κ1) is 17.4. The highest BCUT2D eigenvalue weighted by atomic mass is 32.2. The van der Waals surface area contributed by atoms with Gasteiger partial charge in [-0.25, -0.2) is 0 Å². The van der Waals surface area contributed by atoms with Gasteiger partial charge in [-0.1, -0.05) is 32.4 Å². The molecule has 0 fully saturated rings. The highest BCUT2D eigenvalue weighted by molar-refractivity contribution is 8.00. The Bertz CT molecular complexity index is 389. The molecule has 0 bridgehead atoms. The van der Waals surface area contributed by atoms with Crippen LogP contribution in [0.25, 0.3) is 0 Å². The summed E-state index contributed by atoms with van der Waals surface area (Å²) in [7, 11) is 0. The molecule has 0 spiro atoms. The molecule has 1 rings (SSSR count). The maximum atomic E-state index is 12.2. The SMILES string of the molecule is CCC(C)CC(C)NCc1ccc(SC(F)(F)F)cc1. The summed E-state index contributed by atoms with van der Waals surface area (Å²) in [6.07, 6.45) is 2.27. The van der Waals surface area contributed by atoms with Crippen LogP contribution < -0.4 is 5.32 Å². The molecule has 1 aromatic rings. The molecule has 0 radical (unpaired) electrons. The topological polar surface area (TPSA) is 12.0 Å². The van der Waals surface area contributed by atoms with Crippen LogP contribution in [0.2, 0.25) is 0 Å². The van der Waals surface area contributed by atoms with Crippen LogP contribution in [0.4, 0.5) is 13.2 Å². The molecule has 5 heteroatoms. The Hall–Kier alpha value is -0.680. The van der Waals surface area contributed by atoms with E-state index in [0.717, 1.165) is 18.4 Å². The van der Waals surface area contributed by atoms with Crippen molar-refractivity contribution in [2.24, 2.45) is 5.92 Å². The van der Waals surface area contributed by atoms with Gasteiger partial charge in [-0.05, 0) is 48.7 Å². The molecular weight excluding hydrogens is 283 g/mol. The molecule has 0 heterocycles. The molecular formula is C15H22F3NS. The standard InChI is InChI=1S/C15H22F3NS/c1-4-11(2)9-12(3)19-10-13-5-7-14(8-6-13)20-15(16,17)18/h5-8,11-12,19H,4,9-10H2,1-3H3. The van der Waals surface area contributed by atoms with Gasteiger partial charge in [-0.2, -0.15) is 13.2 Å². The van der Waals surface area contributed by atoms with Gasteiger partial charge in [0.2, 0.25) is 0 Å². The molecule has 0 aliphatic heterocycles. The largest absolute Gasteiger partial charge is 0.446 e. The summed E-state index contributed by atoms with van der Waals surface area (Å²) in [5.74, 6) is 0.683. The van der Waals surface area contributed by atoms with Crippen molar-refractivity contribution in [2.75, 3.05) is 0 Å². The van der Waals surface area contributed by atoms with E-state index in [0.29, 0.717) is 18.5 Å². The molecule has 0 aliphatic rings. The number of alkyl halides is 3. The summed E-state index contributed by atoms with van der Waals surface area (Å²) in [6, 6.07) is 6.95. The number of hydrogen-bond donors (Lipinski definition) is 1. The number of halogens is 3. The van der Waals surface area contributed by atoms with Crippen LogP contribution in [0.5, 0.6) is 0 Å². The van der Waals surface area contributed by atoms with Gasteiger partial charge in [-0.15, -0.1) is 0 Å². The summed E-state index contributed by atoms with van der Waals surface area (Å²) in [6.45, 7) is 7.23. The Morgan fingerprint density at radius 3 is 2.25 bits per heavy atom. The van der Waals surface area contributed by atoms with Gasteiger partial charge in [0.05, 0.1) is 0 Å². The molecule has 20 heavy (non-hydrogen) atoms. The Balaban J connectivity index is 2.42. The lowest BCUT2D eigenvalue weighted by Gasteiger charge is -2.17. The quantitative estimate of drug-likeness (QED) is 0.694. The van der Waals surface area contributed by atoms with Gasteiger partial charge in [0.25, 0.3) is 0 Å². The molecule has 0 aromatic heterocycles. The van der Waals surface area contributed by atoms with Gasteiger partial charge in [-0.3, -0.25) is 0 Å². The first-order valence-corrected chi connectivity index (χ1v) is 7.70. The summed E-state index contributed by atoms with van der Waals surface area (Å²) in [5.41, 5.74) is -3.21. The first-order chi connectivity index (χ1) is 9.30. The lowest BCUT2D eigenvalue weighted by atomic mass is 10.0. The van der Waals surface area contributed by atoms with Crippen molar-refractivity contribution in [1.29, 1.82) is 0 Å². The Morgan fingerprint density at radius 2 is 1.75 bits per heavy atom. The Labute approximate surface area is 123 Å². The molecule has 0 saturated heterocycles. The summed E-state index contributed by atoms with van der Waals surface area (Å²) < 4.78 is 36.6. The minimum absolute atomic E-state index is 0.0752. The van der Waals surface area contributed by atoms with Gasteiger partial charge < -0.3 is 5.32 Å². The maximum absolute atomic E-state index is 12.2. The number of hydrogen-bond acceptors (Lipinski definition) is 2. The predicted molar refractivity (Wildman–Crippen MR) is 78.7 cm³/mol. The van der Waals surface area contributed by atoms with E-state index < -0.39 is 5.51 Å². The zero-order chi connectivity index (χ0) is 15.2. The smallest absolute Gasteiger partial charge is 0.310 e. The Kier molecular flexibility index (Phi) is 6.89. The van der Waals surface area contributed by atoms with E-state index in [1.807, 2.05) is 0 Å². The van der Waals surface area contributed by atoms with Crippen molar-refractivity contribution in [3.05, 3.63) is 29.8 Å². The summed E-state index contributed by atoms with van der Waals surface area (Å²) in [4.78, 5) is 0.230. The van der Waals surface area contributed by atoms with Crippen molar-refractivity contribution in [1.82, 2.24) is 5.32 Å². The molecule has 114 valence electrons. The average Bonchev–Trinajstić information content (AvgIpc) is 2.36. The summed E-state index contributed by atoms with van der Waals surface area (Å²) >= 11 is -0.0752. The third kappa shape index (κ3) is 7.20. The van der Waals surface area contributed by atoms with Crippen molar-refractivity contribution in [2.45, 2.75) is 56.6 Å². The van der Waals surface area contributed by atoms with Gasteiger partial charge in [0, 0.05) is 17.5 Å². The monoisotopic (exact) mass is 305 g/mol. The fraction of sp³-hybridized carbons (Fsp3) is 0.600. The fourth-order valence-electron chi connectivity index (χ4n) is 1.95. The van der Waals surface area contributed by atoms with Crippen LogP contribution in [0.1, 0.15) is 39.2 Å². The van der Waals surface area contributed by atoms with Gasteiger partial charge in [0.15, 0.2) is 0 Å². The molecule has 1 N–H and O–H groups in total. The van der Waals surface area contributed by atoms with E-state index in [1.54, 1.807) is 12.1 Å². The van der Waals surface area contributed by atoms with E-state index in [4.69, 9.17) is 0 Å². The van der Waals surface area contributed by atoms with Crippen LogP contribution in [-0.2, 0) is 6.54 Å². The number of rotatable bonds is 7. The zero-order valence-electron chi connectivity index (χ0n) is 12.1. The normalized spacial score (nSPS) is 15.1. The molecule has 2 unspecified atom stereocenters. The number of thioether (sulfide) groups is 1. The minimum atomic E-state index is -4.22. The van der Waals surface area contributed by atoms with E-state index in [2.05, 4.69) is 26.1 Å². The molecule has 2 atom stereocenters. The van der Waals surface area contributed by atoms with Crippen molar-refractivity contribution < 1.29 is 13.2 Å². The second-order valence-electron chi connectivity index (χ2n) is 5.22. The van der Waals surface area contributed by atoms with Gasteiger partial charge in [0.1, 0.15) is 0 Å². The van der Waals surface area contributed by atoms with Crippen molar-refractivity contribution >= 4 is 11.8 Å². The van der Waals surface area contributed by atoms with Crippen molar-refractivity contribution in [3.63, 3.8) is 0 Å². The first-order valence-electron chi connectivity index (χ1n) is 6.88. The third-order valence-corrected chi connectivity index (χ3v) is 4.00. The highest BCUT2D eigenvalue weighted by Gasteiger charge is 2.28. The van der Waals surface area contributed by atoms with Crippen LogP contribution in [-0.4, -0.2) is 11.6 Å². The van der Waals surface area contributed by atoms with Crippen LogP contribution in [0.15, 0.2) is 29.2 Å². The lowest BCUT2D eigenvalue weighted by Crippen LogP contribution is -2.27.